The zero-order valence-electron chi connectivity index (χ0n) is 9.86. The average molecular weight is 207 g/mol. The van der Waals surface area contributed by atoms with Crippen molar-refractivity contribution in [1.82, 2.24) is 5.32 Å². The minimum absolute atomic E-state index is 0.279. The van der Waals surface area contributed by atoms with Gasteiger partial charge in [0.2, 0.25) is 0 Å². The Hall–Kier alpha value is -0.860. The van der Waals surface area contributed by atoms with E-state index in [2.05, 4.69) is 43.4 Å². The Morgan fingerprint density at radius 2 is 1.87 bits per heavy atom. The van der Waals surface area contributed by atoms with Crippen molar-refractivity contribution in [1.29, 1.82) is 0 Å². The van der Waals surface area contributed by atoms with Gasteiger partial charge in [0.1, 0.15) is 0 Å². The summed E-state index contributed by atoms with van der Waals surface area (Å²) >= 11 is 0. The predicted molar refractivity (Wildman–Crippen MR) is 63.9 cm³/mol. The van der Waals surface area contributed by atoms with Gasteiger partial charge in [-0.2, -0.15) is 0 Å². The van der Waals surface area contributed by atoms with E-state index >= 15 is 0 Å². The van der Waals surface area contributed by atoms with Crippen LogP contribution in [0.15, 0.2) is 30.3 Å². The summed E-state index contributed by atoms with van der Waals surface area (Å²) in [4.78, 5) is 0. The van der Waals surface area contributed by atoms with Crippen molar-refractivity contribution >= 4 is 0 Å². The third kappa shape index (κ3) is 4.45. The Kier molecular flexibility index (Phi) is 5.37. The molecule has 2 nitrogen and oxygen atoms in total. The van der Waals surface area contributed by atoms with Crippen LogP contribution in [-0.2, 0) is 4.74 Å². The molecule has 0 amide bonds. The largest absolute Gasteiger partial charge is 0.377 e. The number of nitrogens with one attached hydrogen (secondary N) is 1. The molecule has 0 bridgehead atoms. The summed E-state index contributed by atoms with van der Waals surface area (Å²) in [5.41, 5.74) is 1.32. The molecular formula is C13H21NO. The quantitative estimate of drug-likeness (QED) is 0.774. The fraction of sp³-hybridized carbons (Fsp3) is 0.538. The third-order valence-corrected chi connectivity index (χ3v) is 2.46. The zero-order valence-corrected chi connectivity index (χ0v) is 9.86. The highest BCUT2D eigenvalue weighted by Crippen LogP contribution is 2.10. The average Bonchev–Trinajstić information content (AvgIpc) is 2.27. The summed E-state index contributed by atoms with van der Waals surface area (Å²) < 4.78 is 5.47. The predicted octanol–water partition coefficient (Wildman–Crippen LogP) is 2.76. The number of hydrogen-bond acceptors (Lipinski definition) is 2. The molecular weight excluding hydrogens is 186 g/mol. The minimum Gasteiger partial charge on any atom is -0.377 e. The van der Waals surface area contributed by atoms with Crippen molar-refractivity contribution in [2.75, 3.05) is 13.2 Å². The molecule has 0 saturated carbocycles. The van der Waals surface area contributed by atoms with Crippen LogP contribution in [0.25, 0.3) is 0 Å². The number of benzene rings is 1. The summed E-state index contributed by atoms with van der Waals surface area (Å²) in [5, 5.41) is 3.46. The normalized spacial score (nSPS) is 14.9. The van der Waals surface area contributed by atoms with Crippen molar-refractivity contribution in [2.24, 2.45) is 0 Å². The molecule has 0 spiro atoms. The van der Waals surface area contributed by atoms with Crippen LogP contribution in [0.3, 0.4) is 0 Å². The highest BCUT2D eigenvalue weighted by Gasteiger charge is 2.06. The first kappa shape index (κ1) is 12.2. The Morgan fingerprint density at radius 3 is 2.47 bits per heavy atom. The Balaban J connectivity index is 2.33. The van der Waals surface area contributed by atoms with Crippen molar-refractivity contribution in [3.63, 3.8) is 0 Å². The van der Waals surface area contributed by atoms with Gasteiger partial charge < -0.3 is 10.1 Å². The summed E-state index contributed by atoms with van der Waals surface area (Å²) in [6.45, 7) is 7.96. The molecule has 0 saturated heterocycles. The molecule has 0 aliphatic heterocycles. The molecule has 0 fully saturated rings. The standard InChI is InChI=1S/C13H21NO/c1-4-15-11(2)10-14-12(3)13-8-6-5-7-9-13/h5-9,11-12,14H,4,10H2,1-3H3. The molecule has 0 aliphatic rings. The fourth-order valence-corrected chi connectivity index (χ4v) is 1.55. The van der Waals surface area contributed by atoms with Gasteiger partial charge in [-0.25, -0.2) is 0 Å². The molecule has 2 unspecified atom stereocenters. The lowest BCUT2D eigenvalue weighted by Crippen LogP contribution is -2.29. The van der Waals surface area contributed by atoms with Crippen LogP contribution < -0.4 is 5.32 Å². The number of ether oxygens (including phenoxy) is 1. The van der Waals surface area contributed by atoms with Crippen LogP contribution in [0.4, 0.5) is 0 Å². The molecule has 0 heterocycles. The van der Waals surface area contributed by atoms with Crippen molar-refractivity contribution in [2.45, 2.75) is 32.9 Å². The van der Waals surface area contributed by atoms with E-state index < -0.39 is 0 Å². The SMILES string of the molecule is CCOC(C)CNC(C)c1ccccc1. The molecule has 1 rings (SSSR count). The highest BCUT2D eigenvalue weighted by atomic mass is 16.5. The van der Waals surface area contributed by atoms with Gasteiger partial charge in [-0.05, 0) is 26.3 Å². The topological polar surface area (TPSA) is 21.3 Å². The molecule has 1 N–H and O–H groups in total. The first-order valence-electron chi connectivity index (χ1n) is 5.64. The molecule has 15 heavy (non-hydrogen) atoms. The van der Waals surface area contributed by atoms with Crippen LogP contribution in [-0.4, -0.2) is 19.3 Å². The van der Waals surface area contributed by atoms with Gasteiger partial charge in [0.05, 0.1) is 6.10 Å². The molecule has 84 valence electrons. The lowest BCUT2D eigenvalue weighted by molar-refractivity contribution is 0.0743. The monoisotopic (exact) mass is 207 g/mol. The first-order valence-corrected chi connectivity index (χ1v) is 5.64. The maximum atomic E-state index is 5.47. The fourth-order valence-electron chi connectivity index (χ4n) is 1.55. The van der Waals surface area contributed by atoms with E-state index in [0.717, 1.165) is 13.2 Å². The van der Waals surface area contributed by atoms with Crippen LogP contribution in [0.2, 0.25) is 0 Å². The van der Waals surface area contributed by atoms with Gasteiger partial charge in [0, 0.05) is 19.2 Å². The van der Waals surface area contributed by atoms with E-state index in [-0.39, 0.29) is 6.10 Å². The molecule has 1 aromatic carbocycles. The van der Waals surface area contributed by atoms with E-state index in [1.807, 2.05) is 13.0 Å². The maximum absolute atomic E-state index is 5.47. The second kappa shape index (κ2) is 6.59. The zero-order chi connectivity index (χ0) is 11.1. The molecule has 0 aromatic heterocycles. The second-order valence-electron chi connectivity index (χ2n) is 3.81. The van der Waals surface area contributed by atoms with Crippen molar-refractivity contribution in [3.05, 3.63) is 35.9 Å². The van der Waals surface area contributed by atoms with Gasteiger partial charge in [-0.1, -0.05) is 30.3 Å². The van der Waals surface area contributed by atoms with E-state index in [9.17, 15) is 0 Å². The summed E-state index contributed by atoms with van der Waals surface area (Å²) in [7, 11) is 0. The van der Waals surface area contributed by atoms with Gasteiger partial charge in [-0.15, -0.1) is 0 Å². The van der Waals surface area contributed by atoms with E-state index in [4.69, 9.17) is 4.74 Å². The van der Waals surface area contributed by atoms with Crippen LogP contribution in [0.5, 0.6) is 0 Å². The van der Waals surface area contributed by atoms with E-state index in [1.54, 1.807) is 0 Å². The minimum atomic E-state index is 0.279. The molecule has 1 aromatic rings. The number of hydrogen-bond donors (Lipinski definition) is 1. The van der Waals surface area contributed by atoms with Crippen molar-refractivity contribution in [3.8, 4) is 0 Å². The summed E-state index contributed by atoms with van der Waals surface area (Å²) in [6.07, 6.45) is 0.279. The van der Waals surface area contributed by atoms with Crippen LogP contribution in [0, 0.1) is 0 Å². The smallest absolute Gasteiger partial charge is 0.0671 e. The first-order chi connectivity index (χ1) is 7.24. The molecule has 0 radical (unpaired) electrons. The molecule has 2 heteroatoms. The van der Waals surface area contributed by atoms with Gasteiger partial charge >= 0.3 is 0 Å². The van der Waals surface area contributed by atoms with E-state index in [1.165, 1.54) is 5.56 Å². The Morgan fingerprint density at radius 1 is 1.20 bits per heavy atom. The van der Waals surface area contributed by atoms with Gasteiger partial charge in [0.15, 0.2) is 0 Å². The highest BCUT2D eigenvalue weighted by molar-refractivity contribution is 5.17. The van der Waals surface area contributed by atoms with Crippen LogP contribution >= 0.6 is 0 Å². The lowest BCUT2D eigenvalue weighted by atomic mass is 10.1. The third-order valence-electron chi connectivity index (χ3n) is 2.46. The maximum Gasteiger partial charge on any atom is 0.0671 e. The Bertz CT molecular complexity index is 260. The lowest BCUT2D eigenvalue weighted by Gasteiger charge is -2.18. The Labute approximate surface area is 92.6 Å². The summed E-state index contributed by atoms with van der Waals surface area (Å²) in [6, 6.07) is 10.8. The molecule has 0 aliphatic carbocycles. The van der Waals surface area contributed by atoms with Gasteiger partial charge in [-0.3, -0.25) is 0 Å². The molecule has 2 atom stereocenters. The second-order valence-corrected chi connectivity index (χ2v) is 3.81. The van der Waals surface area contributed by atoms with Crippen molar-refractivity contribution < 1.29 is 4.74 Å². The van der Waals surface area contributed by atoms with Gasteiger partial charge in [0.25, 0.3) is 0 Å². The summed E-state index contributed by atoms with van der Waals surface area (Å²) in [5.74, 6) is 0. The van der Waals surface area contributed by atoms with Crippen LogP contribution in [0.1, 0.15) is 32.4 Å². The number of rotatable bonds is 6. The van der Waals surface area contributed by atoms with E-state index in [0.29, 0.717) is 6.04 Å².